The van der Waals surface area contributed by atoms with E-state index in [0.29, 0.717) is 6.61 Å². The van der Waals surface area contributed by atoms with Crippen LogP contribution in [0.2, 0.25) is 0 Å². The molecule has 1 unspecified atom stereocenters. The Bertz CT molecular complexity index is 331. The third-order valence-corrected chi connectivity index (χ3v) is 2.68. The highest BCUT2D eigenvalue weighted by Gasteiger charge is 2.21. The van der Waals surface area contributed by atoms with Gasteiger partial charge in [-0.1, -0.05) is 45.0 Å². The maximum Gasteiger partial charge on any atom is 0.0696 e. The van der Waals surface area contributed by atoms with Gasteiger partial charge in [0.25, 0.3) is 0 Å². The lowest BCUT2D eigenvalue weighted by Crippen LogP contribution is -2.33. The summed E-state index contributed by atoms with van der Waals surface area (Å²) in [6, 6.07) is 8.38. The van der Waals surface area contributed by atoms with Crippen LogP contribution in [-0.2, 0) is 10.2 Å². The van der Waals surface area contributed by atoms with Gasteiger partial charge in [-0.3, -0.25) is 11.3 Å². The van der Waals surface area contributed by atoms with Crippen LogP contribution in [0.15, 0.2) is 24.3 Å². The maximum absolute atomic E-state index is 5.57. The SMILES string of the molecule is COCC(NN)c1ccccc1C(C)(C)C. The van der Waals surface area contributed by atoms with Crippen LogP contribution < -0.4 is 11.3 Å². The lowest BCUT2D eigenvalue weighted by molar-refractivity contribution is 0.166. The summed E-state index contributed by atoms with van der Waals surface area (Å²) in [5, 5.41) is 0. The normalized spacial score (nSPS) is 13.8. The first-order valence-corrected chi connectivity index (χ1v) is 5.55. The zero-order valence-corrected chi connectivity index (χ0v) is 10.6. The lowest BCUT2D eigenvalue weighted by atomic mass is 9.82. The Morgan fingerprint density at radius 1 is 1.31 bits per heavy atom. The largest absolute Gasteiger partial charge is 0.383 e. The number of rotatable bonds is 4. The molecule has 3 heteroatoms. The highest BCUT2D eigenvalue weighted by Crippen LogP contribution is 2.29. The van der Waals surface area contributed by atoms with E-state index in [0.717, 1.165) is 0 Å². The lowest BCUT2D eigenvalue weighted by Gasteiger charge is -2.26. The maximum atomic E-state index is 5.57. The topological polar surface area (TPSA) is 47.3 Å². The van der Waals surface area contributed by atoms with Gasteiger partial charge in [0.1, 0.15) is 0 Å². The van der Waals surface area contributed by atoms with E-state index >= 15 is 0 Å². The molecule has 0 fully saturated rings. The molecule has 1 aromatic carbocycles. The van der Waals surface area contributed by atoms with Crippen LogP contribution >= 0.6 is 0 Å². The Morgan fingerprint density at radius 3 is 2.44 bits per heavy atom. The number of benzene rings is 1. The van der Waals surface area contributed by atoms with Crippen molar-refractivity contribution in [3.8, 4) is 0 Å². The monoisotopic (exact) mass is 222 g/mol. The van der Waals surface area contributed by atoms with Crippen LogP contribution in [0.1, 0.15) is 37.9 Å². The van der Waals surface area contributed by atoms with Crippen molar-refractivity contribution < 1.29 is 4.74 Å². The van der Waals surface area contributed by atoms with Gasteiger partial charge in [-0.2, -0.15) is 0 Å². The molecular weight excluding hydrogens is 200 g/mol. The third kappa shape index (κ3) is 3.04. The van der Waals surface area contributed by atoms with E-state index in [-0.39, 0.29) is 11.5 Å². The molecule has 0 heterocycles. The van der Waals surface area contributed by atoms with Crippen LogP contribution in [0.4, 0.5) is 0 Å². The molecule has 0 aliphatic carbocycles. The standard InChI is InChI=1S/C13H22N2O/c1-13(2,3)11-8-6-5-7-10(11)12(15-14)9-16-4/h5-8,12,15H,9,14H2,1-4H3. The van der Waals surface area contributed by atoms with E-state index in [2.05, 4.69) is 44.4 Å². The van der Waals surface area contributed by atoms with Crippen molar-refractivity contribution in [1.82, 2.24) is 5.43 Å². The average molecular weight is 222 g/mol. The minimum absolute atomic E-state index is 0.0421. The summed E-state index contributed by atoms with van der Waals surface area (Å²) in [7, 11) is 1.68. The molecule has 3 N–H and O–H groups in total. The van der Waals surface area contributed by atoms with Gasteiger partial charge in [-0.05, 0) is 16.5 Å². The molecule has 3 nitrogen and oxygen atoms in total. The van der Waals surface area contributed by atoms with E-state index in [1.54, 1.807) is 7.11 Å². The second-order valence-corrected chi connectivity index (χ2v) is 5.01. The Labute approximate surface area is 98.0 Å². The van der Waals surface area contributed by atoms with Crippen LogP contribution in [-0.4, -0.2) is 13.7 Å². The van der Waals surface area contributed by atoms with Crippen molar-refractivity contribution in [3.63, 3.8) is 0 Å². The predicted octanol–water partition coefficient (Wildman–Crippen LogP) is 2.13. The van der Waals surface area contributed by atoms with Gasteiger partial charge in [0.2, 0.25) is 0 Å². The summed E-state index contributed by atoms with van der Waals surface area (Å²) < 4.78 is 5.17. The summed E-state index contributed by atoms with van der Waals surface area (Å²) in [5.41, 5.74) is 5.43. The third-order valence-electron chi connectivity index (χ3n) is 2.68. The van der Waals surface area contributed by atoms with Gasteiger partial charge in [-0.15, -0.1) is 0 Å². The fourth-order valence-electron chi connectivity index (χ4n) is 1.88. The smallest absolute Gasteiger partial charge is 0.0696 e. The van der Waals surface area contributed by atoms with Gasteiger partial charge < -0.3 is 4.74 Å². The van der Waals surface area contributed by atoms with Crippen molar-refractivity contribution in [2.75, 3.05) is 13.7 Å². The van der Waals surface area contributed by atoms with Crippen LogP contribution in [0.25, 0.3) is 0 Å². The summed E-state index contributed by atoms with van der Waals surface area (Å²) in [5.74, 6) is 5.57. The molecule has 1 atom stereocenters. The van der Waals surface area contributed by atoms with Gasteiger partial charge >= 0.3 is 0 Å². The molecule has 0 spiro atoms. The molecule has 0 aliphatic heterocycles. The molecule has 0 bridgehead atoms. The Hall–Kier alpha value is -0.900. The van der Waals surface area contributed by atoms with Crippen LogP contribution in [0, 0.1) is 0 Å². The van der Waals surface area contributed by atoms with Crippen LogP contribution in [0.3, 0.4) is 0 Å². The molecule has 0 saturated heterocycles. The van der Waals surface area contributed by atoms with Crippen molar-refractivity contribution in [1.29, 1.82) is 0 Å². The number of hydrazine groups is 1. The molecular formula is C13H22N2O. The van der Waals surface area contributed by atoms with E-state index in [1.807, 2.05) is 6.07 Å². The first kappa shape index (κ1) is 13.2. The molecule has 0 radical (unpaired) electrons. The Kier molecular flexibility index (Phi) is 4.47. The Morgan fingerprint density at radius 2 is 1.94 bits per heavy atom. The highest BCUT2D eigenvalue weighted by atomic mass is 16.5. The number of nitrogens with two attached hydrogens (primary N) is 1. The summed E-state index contributed by atoms with van der Waals surface area (Å²) in [6.45, 7) is 7.17. The first-order valence-electron chi connectivity index (χ1n) is 5.55. The molecule has 0 saturated carbocycles. The fraction of sp³-hybridized carbons (Fsp3) is 0.538. The van der Waals surface area contributed by atoms with Gasteiger partial charge in [0.15, 0.2) is 0 Å². The number of nitrogens with one attached hydrogen (secondary N) is 1. The van der Waals surface area contributed by atoms with Gasteiger partial charge in [0, 0.05) is 7.11 Å². The molecule has 16 heavy (non-hydrogen) atoms. The molecule has 0 aromatic heterocycles. The van der Waals surface area contributed by atoms with Crippen molar-refractivity contribution >= 4 is 0 Å². The Balaban J connectivity index is 3.11. The average Bonchev–Trinajstić information content (AvgIpc) is 2.25. The first-order chi connectivity index (χ1) is 7.50. The fourth-order valence-corrected chi connectivity index (χ4v) is 1.88. The van der Waals surface area contributed by atoms with Crippen LogP contribution in [0.5, 0.6) is 0 Å². The van der Waals surface area contributed by atoms with Gasteiger partial charge in [-0.25, -0.2) is 0 Å². The molecule has 0 aliphatic rings. The summed E-state index contributed by atoms with van der Waals surface area (Å²) in [4.78, 5) is 0. The number of ether oxygens (including phenoxy) is 1. The summed E-state index contributed by atoms with van der Waals surface area (Å²) in [6.07, 6.45) is 0. The number of methoxy groups -OCH3 is 1. The minimum Gasteiger partial charge on any atom is -0.383 e. The quantitative estimate of drug-likeness (QED) is 0.606. The van der Waals surface area contributed by atoms with E-state index in [4.69, 9.17) is 10.6 Å². The van der Waals surface area contributed by atoms with Crippen molar-refractivity contribution in [2.24, 2.45) is 5.84 Å². The second kappa shape index (κ2) is 5.43. The highest BCUT2D eigenvalue weighted by molar-refractivity contribution is 5.35. The van der Waals surface area contributed by atoms with Gasteiger partial charge in [0.05, 0.1) is 12.6 Å². The predicted molar refractivity (Wildman–Crippen MR) is 67.1 cm³/mol. The van der Waals surface area contributed by atoms with E-state index < -0.39 is 0 Å². The van der Waals surface area contributed by atoms with E-state index in [1.165, 1.54) is 11.1 Å². The van der Waals surface area contributed by atoms with E-state index in [9.17, 15) is 0 Å². The molecule has 1 aromatic rings. The zero-order valence-electron chi connectivity index (χ0n) is 10.6. The number of hydrogen-bond acceptors (Lipinski definition) is 3. The minimum atomic E-state index is 0.0421. The van der Waals surface area contributed by atoms with Crippen molar-refractivity contribution in [3.05, 3.63) is 35.4 Å². The molecule has 1 rings (SSSR count). The van der Waals surface area contributed by atoms with Crippen molar-refractivity contribution in [2.45, 2.75) is 32.2 Å². The summed E-state index contributed by atoms with van der Waals surface area (Å²) >= 11 is 0. The number of hydrogen-bond donors (Lipinski definition) is 2. The second-order valence-electron chi connectivity index (χ2n) is 5.01. The molecule has 90 valence electrons. The molecule has 0 amide bonds. The zero-order chi connectivity index (χ0) is 12.2.